The Morgan fingerprint density at radius 1 is 1.20 bits per heavy atom. The molecule has 0 fully saturated rings. The van der Waals surface area contributed by atoms with Crippen LogP contribution in [0.3, 0.4) is 0 Å². The summed E-state index contributed by atoms with van der Waals surface area (Å²) in [6, 6.07) is 4.40. The lowest BCUT2D eigenvalue weighted by molar-refractivity contribution is 0.627. The summed E-state index contributed by atoms with van der Waals surface area (Å²) >= 11 is 5.93. The SMILES string of the molecule is Cc1cc(F)ccc1-c1nc(Cl)nc(-n2ccnc2)n1. The van der Waals surface area contributed by atoms with Gasteiger partial charge >= 0.3 is 0 Å². The first-order valence-corrected chi connectivity index (χ1v) is 6.18. The summed E-state index contributed by atoms with van der Waals surface area (Å²) in [5, 5.41) is 0.0717. The highest BCUT2D eigenvalue weighted by molar-refractivity contribution is 6.28. The number of halogens is 2. The molecule has 3 rings (SSSR count). The Hall–Kier alpha value is -2.34. The predicted octanol–water partition coefficient (Wildman–Crippen LogP) is 2.83. The van der Waals surface area contributed by atoms with E-state index in [1.54, 1.807) is 36.3 Å². The van der Waals surface area contributed by atoms with Gasteiger partial charge in [-0.15, -0.1) is 0 Å². The lowest BCUT2D eigenvalue weighted by Crippen LogP contribution is -2.03. The number of benzene rings is 1. The van der Waals surface area contributed by atoms with Crippen molar-refractivity contribution in [3.05, 3.63) is 53.6 Å². The Kier molecular flexibility index (Phi) is 3.15. The first-order chi connectivity index (χ1) is 9.63. The van der Waals surface area contributed by atoms with E-state index in [0.717, 1.165) is 5.56 Å². The van der Waals surface area contributed by atoms with Gasteiger partial charge in [-0.25, -0.2) is 9.37 Å². The number of hydrogen-bond acceptors (Lipinski definition) is 4. The molecule has 0 radical (unpaired) electrons. The number of imidazole rings is 1. The van der Waals surface area contributed by atoms with Gasteiger partial charge in [-0.3, -0.25) is 4.57 Å². The van der Waals surface area contributed by atoms with Gasteiger partial charge in [0.05, 0.1) is 0 Å². The highest BCUT2D eigenvalue weighted by Gasteiger charge is 2.11. The maximum absolute atomic E-state index is 13.2. The topological polar surface area (TPSA) is 56.5 Å². The summed E-state index contributed by atoms with van der Waals surface area (Å²) in [4.78, 5) is 16.4. The molecule has 0 saturated heterocycles. The van der Waals surface area contributed by atoms with Crippen LogP contribution in [-0.4, -0.2) is 24.5 Å². The highest BCUT2D eigenvalue weighted by Crippen LogP contribution is 2.22. The smallest absolute Gasteiger partial charge is 0.239 e. The molecule has 0 aliphatic carbocycles. The molecule has 0 unspecified atom stereocenters. The van der Waals surface area contributed by atoms with Crippen LogP contribution in [0.1, 0.15) is 5.56 Å². The van der Waals surface area contributed by atoms with Gasteiger partial charge in [0, 0.05) is 18.0 Å². The largest absolute Gasteiger partial charge is 0.274 e. The molecular formula is C13H9ClFN5. The van der Waals surface area contributed by atoms with E-state index in [0.29, 0.717) is 17.3 Å². The zero-order valence-electron chi connectivity index (χ0n) is 10.5. The molecule has 3 aromatic rings. The molecule has 0 N–H and O–H groups in total. The second-order valence-corrected chi connectivity index (χ2v) is 4.50. The van der Waals surface area contributed by atoms with Crippen LogP contribution in [0.2, 0.25) is 5.28 Å². The molecule has 100 valence electrons. The number of rotatable bonds is 2. The Labute approximate surface area is 119 Å². The minimum Gasteiger partial charge on any atom is -0.274 e. The molecule has 0 bridgehead atoms. The molecule has 1 aromatic carbocycles. The standard InChI is InChI=1S/C13H9ClFN5/c1-8-6-9(15)2-3-10(8)11-17-12(14)19-13(18-11)20-5-4-16-7-20/h2-7H,1H3. The van der Waals surface area contributed by atoms with Crippen LogP contribution in [0, 0.1) is 12.7 Å². The fraction of sp³-hybridized carbons (Fsp3) is 0.0769. The molecule has 0 aliphatic rings. The third kappa shape index (κ3) is 2.37. The fourth-order valence-electron chi connectivity index (χ4n) is 1.83. The number of hydrogen-bond donors (Lipinski definition) is 0. The van der Waals surface area contributed by atoms with Crippen molar-refractivity contribution in [2.45, 2.75) is 6.92 Å². The number of nitrogens with zero attached hydrogens (tertiary/aromatic N) is 5. The zero-order chi connectivity index (χ0) is 14.1. The van der Waals surface area contributed by atoms with Gasteiger partial charge in [-0.05, 0) is 42.3 Å². The van der Waals surface area contributed by atoms with Crippen LogP contribution in [-0.2, 0) is 0 Å². The van der Waals surface area contributed by atoms with Crippen LogP contribution in [0.15, 0.2) is 36.9 Å². The lowest BCUT2D eigenvalue weighted by atomic mass is 10.1. The van der Waals surface area contributed by atoms with E-state index >= 15 is 0 Å². The van der Waals surface area contributed by atoms with Crippen molar-refractivity contribution in [3.63, 3.8) is 0 Å². The van der Waals surface area contributed by atoms with Gasteiger partial charge in [0.1, 0.15) is 12.1 Å². The van der Waals surface area contributed by atoms with E-state index in [9.17, 15) is 4.39 Å². The van der Waals surface area contributed by atoms with Crippen molar-refractivity contribution >= 4 is 11.6 Å². The molecule has 2 heterocycles. The number of aromatic nitrogens is 5. The summed E-state index contributed by atoms with van der Waals surface area (Å²) in [6.07, 6.45) is 4.88. The Bertz CT molecular complexity index is 757. The fourth-order valence-corrected chi connectivity index (χ4v) is 1.99. The monoisotopic (exact) mass is 289 g/mol. The van der Waals surface area contributed by atoms with Crippen LogP contribution in [0.5, 0.6) is 0 Å². The second-order valence-electron chi connectivity index (χ2n) is 4.16. The predicted molar refractivity (Wildman–Crippen MR) is 72.1 cm³/mol. The third-order valence-corrected chi connectivity index (χ3v) is 2.93. The summed E-state index contributed by atoms with van der Waals surface area (Å²) in [5.74, 6) is 0.452. The van der Waals surface area contributed by atoms with Crippen molar-refractivity contribution in [3.8, 4) is 17.3 Å². The maximum atomic E-state index is 13.2. The van der Waals surface area contributed by atoms with E-state index < -0.39 is 0 Å². The van der Waals surface area contributed by atoms with Crippen LogP contribution < -0.4 is 0 Å². The lowest BCUT2D eigenvalue weighted by Gasteiger charge is -2.07. The van der Waals surface area contributed by atoms with E-state index in [-0.39, 0.29) is 11.1 Å². The van der Waals surface area contributed by atoms with Gasteiger partial charge in [-0.2, -0.15) is 15.0 Å². The van der Waals surface area contributed by atoms with Crippen molar-refractivity contribution < 1.29 is 4.39 Å². The summed E-state index contributed by atoms with van der Waals surface area (Å²) in [7, 11) is 0. The van der Waals surface area contributed by atoms with E-state index in [1.165, 1.54) is 12.1 Å². The van der Waals surface area contributed by atoms with Gasteiger partial charge in [-0.1, -0.05) is 0 Å². The Morgan fingerprint density at radius 3 is 2.75 bits per heavy atom. The Morgan fingerprint density at radius 2 is 2.05 bits per heavy atom. The average molecular weight is 290 g/mol. The molecule has 0 saturated carbocycles. The van der Waals surface area contributed by atoms with Crippen LogP contribution in [0.25, 0.3) is 17.3 Å². The molecule has 20 heavy (non-hydrogen) atoms. The molecule has 2 aromatic heterocycles. The molecule has 5 nitrogen and oxygen atoms in total. The minimum atomic E-state index is -0.304. The molecule has 0 amide bonds. The molecule has 0 aliphatic heterocycles. The summed E-state index contributed by atoms with van der Waals surface area (Å²) in [6.45, 7) is 1.78. The molecule has 0 atom stereocenters. The van der Waals surface area contributed by atoms with Crippen molar-refractivity contribution in [2.75, 3.05) is 0 Å². The maximum Gasteiger partial charge on any atom is 0.239 e. The first-order valence-electron chi connectivity index (χ1n) is 5.80. The average Bonchev–Trinajstić information content (AvgIpc) is 2.91. The van der Waals surface area contributed by atoms with Crippen LogP contribution in [0.4, 0.5) is 4.39 Å². The first kappa shape index (κ1) is 12.7. The van der Waals surface area contributed by atoms with Gasteiger partial charge < -0.3 is 0 Å². The van der Waals surface area contributed by atoms with Crippen molar-refractivity contribution in [2.24, 2.45) is 0 Å². The summed E-state index contributed by atoms with van der Waals surface area (Å²) in [5.41, 5.74) is 1.43. The van der Waals surface area contributed by atoms with Gasteiger partial charge in [0.25, 0.3) is 0 Å². The van der Waals surface area contributed by atoms with E-state index in [4.69, 9.17) is 11.6 Å². The molecule has 7 heteroatoms. The van der Waals surface area contributed by atoms with Crippen molar-refractivity contribution in [1.82, 2.24) is 24.5 Å². The summed E-state index contributed by atoms with van der Waals surface area (Å²) < 4.78 is 14.8. The third-order valence-electron chi connectivity index (χ3n) is 2.76. The highest BCUT2D eigenvalue weighted by atomic mass is 35.5. The molecular weight excluding hydrogens is 281 g/mol. The van der Waals surface area contributed by atoms with E-state index in [2.05, 4.69) is 19.9 Å². The second kappa shape index (κ2) is 4.97. The normalized spacial score (nSPS) is 10.8. The minimum absolute atomic E-state index is 0.0717. The van der Waals surface area contributed by atoms with E-state index in [1.807, 2.05) is 0 Å². The number of aryl methyl sites for hydroxylation is 1. The van der Waals surface area contributed by atoms with Gasteiger partial charge in [0.15, 0.2) is 5.82 Å². The van der Waals surface area contributed by atoms with Crippen molar-refractivity contribution in [1.29, 1.82) is 0 Å². The molecule has 0 spiro atoms. The quantitative estimate of drug-likeness (QED) is 0.728. The zero-order valence-corrected chi connectivity index (χ0v) is 11.2. The van der Waals surface area contributed by atoms with Crippen LogP contribution >= 0.6 is 11.6 Å². The van der Waals surface area contributed by atoms with Gasteiger partial charge in [0.2, 0.25) is 11.2 Å². The Balaban J connectivity index is 2.14.